The maximum atomic E-state index is 11.9. The molecule has 0 aromatic carbocycles. The van der Waals surface area contributed by atoms with Gasteiger partial charge in [-0.3, -0.25) is 4.79 Å². The number of thioether (sulfide) groups is 1. The lowest BCUT2D eigenvalue weighted by Crippen LogP contribution is -2.09. The Labute approximate surface area is 133 Å². The number of anilines is 1. The van der Waals surface area contributed by atoms with Crippen LogP contribution >= 0.6 is 34.4 Å². The van der Waals surface area contributed by atoms with Gasteiger partial charge >= 0.3 is 0 Å². The third-order valence-electron chi connectivity index (χ3n) is 2.51. The van der Waals surface area contributed by atoms with Crippen molar-refractivity contribution in [1.29, 1.82) is 0 Å². The lowest BCUT2D eigenvalue weighted by molar-refractivity contribution is 0.883. The number of thiophene rings is 1. The van der Waals surface area contributed by atoms with Crippen LogP contribution < -0.4 is 10.9 Å². The molecule has 0 saturated carbocycles. The van der Waals surface area contributed by atoms with Gasteiger partial charge < -0.3 is 10.3 Å². The molecular weight excluding hydrogens is 326 g/mol. The van der Waals surface area contributed by atoms with Crippen molar-refractivity contribution in [2.45, 2.75) is 30.0 Å². The Bertz CT molecular complexity index is 806. The smallest absolute Gasteiger partial charge is 0.268 e. The third-order valence-corrected chi connectivity index (χ3v) is 5.42. The van der Waals surface area contributed by atoms with Crippen molar-refractivity contribution in [3.8, 4) is 0 Å². The molecule has 3 heterocycles. The third kappa shape index (κ3) is 3.42. The average Bonchev–Trinajstić information content (AvgIpc) is 3.04. The number of hydrogen-bond donors (Lipinski definition) is 2. The average molecular weight is 339 g/mol. The monoisotopic (exact) mass is 339 g/mol. The molecule has 3 aromatic rings. The van der Waals surface area contributed by atoms with Crippen LogP contribution in [0.15, 0.2) is 20.6 Å². The minimum Gasteiger partial charge on any atom is -0.358 e. The second-order valence-electron chi connectivity index (χ2n) is 4.61. The van der Waals surface area contributed by atoms with E-state index in [-0.39, 0.29) is 5.56 Å². The van der Waals surface area contributed by atoms with Crippen LogP contribution in [-0.2, 0) is 5.75 Å². The summed E-state index contributed by atoms with van der Waals surface area (Å²) in [5, 5.41) is 14.1. The molecule has 9 heteroatoms. The Morgan fingerprint density at radius 3 is 3.10 bits per heavy atom. The van der Waals surface area contributed by atoms with Crippen molar-refractivity contribution in [1.82, 2.24) is 20.2 Å². The molecule has 6 nitrogen and oxygen atoms in total. The highest BCUT2D eigenvalue weighted by Gasteiger charge is 2.09. The molecule has 0 saturated heterocycles. The van der Waals surface area contributed by atoms with E-state index in [9.17, 15) is 4.79 Å². The van der Waals surface area contributed by atoms with Crippen LogP contribution in [0.1, 0.15) is 19.7 Å². The van der Waals surface area contributed by atoms with Gasteiger partial charge in [0.1, 0.15) is 10.5 Å². The summed E-state index contributed by atoms with van der Waals surface area (Å²) in [6, 6.07) is 2.19. The minimum absolute atomic E-state index is 0.0787. The van der Waals surface area contributed by atoms with E-state index in [1.807, 2.05) is 11.4 Å². The van der Waals surface area contributed by atoms with Crippen LogP contribution in [0.2, 0.25) is 0 Å². The van der Waals surface area contributed by atoms with E-state index in [0.29, 0.717) is 22.3 Å². The molecule has 21 heavy (non-hydrogen) atoms. The first-order valence-corrected chi connectivity index (χ1v) is 8.99. The zero-order valence-electron chi connectivity index (χ0n) is 11.4. The van der Waals surface area contributed by atoms with E-state index < -0.39 is 0 Å². The SMILES string of the molecule is CC(C)Nc1nnc(SCc2nc3ccsc3c(=O)[nH]2)s1. The molecule has 0 aliphatic rings. The van der Waals surface area contributed by atoms with E-state index >= 15 is 0 Å². The molecule has 2 N–H and O–H groups in total. The molecule has 0 aliphatic carbocycles. The molecule has 0 unspecified atom stereocenters. The van der Waals surface area contributed by atoms with Crippen LogP contribution in [0, 0.1) is 0 Å². The standard InChI is InChI=1S/C12H13N5OS3/c1-6(2)13-11-16-17-12(21-11)20-5-8-14-7-3-4-19-9(7)10(18)15-8/h3-4,6H,5H2,1-2H3,(H,13,16)(H,14,15,18). The first-order chi connectivity index (χ1) is 10.1. The van der Waals surface area contributed by atoms with Gasteiger partial charge in [-0.25, -0.2) is 4.98 Å². The Hall–Kier alpha value is -1.45. The number of hydrogen-bond acceptors (Lipinski definition) is 8. The lowest BCUT2D eigenvalue weighted by Gasteiger charge is -2.03. The summed E-state index contributed by atoms with van der Waals surface area (Å²) < 4.78 is 1.52. The fourth-order valence-electron chi connectivity index (χ4n) is 1.69. The number of rotatable bonds is 5. The fraction of sp³-hybridized carbons (Fsp3) is 0.333. The number of fused-ring (bicyclic) bond motifs is 1. The highest BCUT2D eigenvalue weighted by molar-refractivity contribution is 8.00. The zero-order valence-corrected chi connectivity index (χ0v) is 13.9. The van der Waals surface area contributed by atoms with Crippen LogP contribution in [0.3, 0.4) is 0 Å². The van der Waals surface area contributed by atoms with Gasteiger partial charge in [0.05, 0.1) is 11.3 Å². The van der Waals surface area contributed by atoms with E-state index in [1.54, 1.807) is 0 Å². The maximum Gasteiger partial charge on any atom is 0.268 e. The second-order valence-corrected chi connectivity index (χ2v) is 7.72. The summed E-state index contributed by atoms with van der Waals surface area (Å²) in [4.78, 5) is 19.1. The summed E-state index contributed by atoms with van der Waals surface area (Å²) in [7, 11) is 0. The Balaban J connectivity index is 1.71. The minimum atomic E-state index is -0.0787. The van der Waals surface area contributed by atoms with E-state index in [0.717, 1.165) is 15.0 Å². The summed E-state index contributed by atoms with van der Waals surface area (Å²) in [6.45, 7) is 4.11. The highest BCUT2D eigenvalue weighted by Crippen LogP contribution is 2.28. The first-order valence-electron chi connectivity index (χ1n) is 6.31. The number of nitrogens with one attached hydrogen (secondary N) is 2. The highest BCUT2D eigenvalue weighted by atomic mass is 32.2. The number of aromatic amines is 1. The molecule has 0 fully saturated rings. The van der Waals surface area contributed by atoms with Gasteiger partial charge in [0.25, 0.3) is 5.56 Å². The van der Waals surface area contributed by atoms with Crippen molar-refractivity contribution in [2.75, 3.05) is 5.32 Å². The molecule has 0 radical (unpaired) electrons. The fourth-order valence-corrected chi connectivity index (χ4v) is 4.19. The lowest BCUT2D eigenvalue weighted by atomic mass is 10.4. The van der Waals surface area contributed by atoms with Crippen LogP contribution in [-0.4, -0.2) is 26.2 Å². The molecule has 0 amide bonds. The second kappa shape index (κ2) is 6.12. The van der Waals surface area contributed by atoms with Crippen LogP contribution in [0.25, 0.3) is 10.2 Å². The normalized spacial score (nSPS) is 11.4. The van der Waals surface area contributed by atoms with E-state index in [1.165, 1.54) is 34.4 Å². The molecule has 3 rings (SSSR count). The summed E-state index contributed by atoms with van der Waals surface area (Å²) in [5.74, 6) is 1.22. The number of H-pyrrole nitrogens is 1. The molecular formula is C12H13N5OS3. The predicted octanol–water partition coefficient (Wildman–Crippen LogP) is 2.95. The van der Waals surface area contributed by atoms with E-state index in [2.05, 4.69) is 39.3 Å². The topological polar surface area (TPSA) is 83.6 Å². The Morgan fingerprint density at radius 2 is 2.29 bits per heavy atom. The van der Waals surface area contributed by atoms with Crippen LogP contribution in [0.4, 0.5) is 5.13 Å². The molecule has 0 spiro atoms. The summed E-state index contributed by atoms with van der Waals surface area (Å²) in [6.07, 6.45) is 0. The van der Waals surface area contributed by atoms with Gasteiger partial charge in [-0.05, 0) is 25.3 Å². The largest absolute Gasteiger partial charge is 0.358 e. The van der Waals surface area contributed by atoms with E-state index in [4.69, 9.17) is 0 Å². The maximum absolute atomic E-state index is 11.9. The van der Waals surface area contributed by atoms with Gasteiger partial charge in [-0.15, -0.1) is 21.5 Å². The van der Waals surface area contributed by atoms with Gasteiger partial charge in [-0.1, -0.05) is 23.1 Å². The molecule has 110 valence electrons. The molecule has 0 bridgehead atoms. The summed E-state index contributed by atoms with van der Waals surface area (Å²) >= 11 is 4.42. The summed E-state index contributed by atoms with van der Waals surface area (Å²) in [5.41, 5.74) is 0.670. The van der Waals surface area contributed by atoms with Crippen molar-refractivity contribution in [2.24, 2.45) is 0 Å². The number of aromatic nitrogens is 4. The van der Waals surface area contributed by atoms with Crippen molar-refractivity contribution < 1.29 is 0 Å². The number of nitrogens with zero attached hydrogens (tertiary/aromatic N) is 3. The zero-order chi connectivity index (χ0) is 14.8. The van der Waals surface area contributed by atoms with Gasteiger partial charge in [-0.2, -0.15) is 0 Å². The van der Waals surface area contributed by atoms with Crippen molar-refractivity contribution in [3.63, 3.8) is 0 Å². The van der Waals surface area contributed by atoms with Gasteiger partial charge in [0, 0.05) is 6.04 Å². The Kier molecular flexibility index (Phi) is 4.22. The van der Waals surface area contributed by atoms with Crippen LogP contribution in [0.5, 0.6) is 0 Å². The predicted molar refractivity (Wildman–Crippen MR) is 88.5 cm³/mol. The van der Waals surface area contributed by atoms with Crippen molar-refractivity contribution >= 4 is 49.8 Å². The first kappa shape index (κ1) is 14.5. The van der Waals surface area contributed by atoms with Gasteiger partial charge in [0.15, 0.2) is 4.34 Å². The quantitative estimate of drug-likeness (QED) is 0.695. The molecule has 3 aromatic heterocycles. The van der Waals surface area contributed by atoms with Crippen molar-refractivity contribution in [3.05, 3.63) is 27.6 Å². The molecule has 0 aliphatic heterocycles. The Morgan fingerprint density at radius 1 is 1.43 bits per heavy atom. The molecule has 0 atom stereocenters. The van der Waals surface area contributed by atoms with Gasteiger partial charge in [0.2, 0.25) is 5.13 Å².